The molecule has 0 bridgehead atoms. The molecule has 2 N–H and O–H groups in total. The molecule has 0 saturated heterocycles. The van der Waals surface area contributed by atoms with Crippen molar-refractivity contribution in [3.05, 3.63) is 0 Å². The Morgan fingerprint density at radius 2 is 1.33 bits per heavy atom. The summed E-state index contributed by atoms with van der Waals surface area (Å²) in [5.41, 5.74) is 0. The van der Waals surface area contributed by atoms with E-state index >= 15 is 0 Å². The Balaban J connectivity index is 0. The molecule has 0 unspecified atom stereocenters. The van der Waals surface area contributed by atoms with Gasteiger partial charge in [-0.15, -0.1) is 23.2 Å². The summed E-state index contributed by atoms with van der Waals surface area (Å²) in [6.07, 6.45) is 0. The summed E-state index contributed by atoms with van der Waals surface area (Å²) in [6, 6.07) is 0. The van der Waals surface area contributed by atoms with Gasteiger partial charge in [0.1, 0.15) is 0 Å². The average molecular weight is 194 g/mol. The van der Waals surface area contributed by atoms with Crippen molar-refractivity contribution in [1.82, 2.24) is 5.32 Å². The van der Waals surface area contributed by atoms with Crippen LogP contribution in [0.5, 0.6) is 0 Å². The molecule has 0 aromatic rings. The van der Waals surface area contributed by atoms with Gasteiger partial charge in [0.25, 0.3) is 0 Å². The van der Waals surface area contributed by atoms with Crippen molar-refractivity contribution >= 4 is 35.1 Å². The summed E-state index contributed by atoms with van der Waals surface area (Å²) in [5, 5.41) is 3.02. The van der Waals surface area contributed by atoms with Crippen molar-refractivity contribution in [2.75, 3.05) is 24.8 Å². The lowest BCUT2D eigenvalue weighted by Crippen LogP contribution is -2.18. The van der Waals surface area contributed by atoms with Gasteiger partial charge in [0.2, 0.25) is 0 Å². The minimum Gasteiger partial charge on any atom is -0.314 e. The number of rotatable bonds is 4. The summed E-state index contributed by atoms with van der Waals surface area (Å²) in [6.45, 7) is 1.71. The number of halogens is 3. The third kappa shape index (κ3) is 17.7. The van der Waals surface area contributed by atoms with Gasteiger partial charge in [-0.25, -0.2) is 0 Å². The van der Waals surface area contributed by atoms with E-state index < -0.39 is 0 Å². The molecule has 0 spiro atoms. The maximum atomic E-state index is 6.47. The van der Waals surface area contributed by atoms with Crippen molar-refractivity contribution in [2.45, 2.75) is 0 Å². The van der Waals surface area contributed by atoms with Crippen LogP contribution < -0.4 is 5.32 Å². The van der Waals surface area contributed by atoms with Gasteiger partial charge >= 0.3 is 0 Å². The highest BCUT2D eigenvalue weighted by Gasteiger charge is 1.78. The van der Waals surface area contributed by atoms with E-state index in [1.54, 1.807) is 0 Å². The van der Waals surface area contributed by atoms with E-state index in [1.807, 2.05) is 0 Å². The molecule has 5 heteroatoms. The Morgan fingerprint density at radius 3 is 1.56 bits per heavy atom. The largest absolute Gasteiger partial charge is 0.314 e. The molecule has 9 heavy (non-hydrogen) atoms. The van der Waals surface area contributed by atoms with E-state index in [-0.39, 0.29) is 0 Å². The Morgan fingerprint density at radius 1 is 1.00 bits per heavy atom. The van der Waals surface area contributed by atoms with Crippen LogP contribution in [0.15, 0.2) is 0 Å². The van der Waals surface area contributed by atoms with Gasteiger partial charge in [-0.3, -0.25) is 4.66 Å². The molecule has 0 amide bonds. The molecule has 58 valence electrons. The molecular formula is C4H10Cl3NO. The fourth-order valence-electron chi connectivity index (χ4n) is 0.259. The van der Waals surface area contributed by atoms with Gasteiger partial charge in [0.15, 0.2) is 0 Å². The van der Waals surface area contributed by atoms with Crippen LogP contribution in [-0.4, -0.2) is 29.5 Å². The van der Waals surface area contributed by atoms with E-state index in [4.69, 9.17) is 27.9 Å². The SMILES string of the molecule is ClCCNCCCl.OCl. The van der Waals surface area contributed by atoms with Gasteiger partial charge < -0.3 is 5.32 Å². The van der Waals surface area contributed by atoms with Gasteiger partial charge in [0.05, 0.1) is 11.9 Å². The highest BCUT2D eigenvalue weighted by atomic mass is 35.5. The monoisotopic (exact) mass is 193 g/mol. The summed E-state index contributed by atoms with van der Waals surface area (Å²) in [4.78, 5) is 0. The van der Waals surface area contributed by atoms with E-state index in [0.717, 1.165) is 13.1 Å². The predicted octanol–water partition coefficient (Wildman–Crippen LogP) is 1.19. The predicted molar refractivity (Wildman–Crippen MR) is 42.4 cm³/mol. The molecule has 0 rings (SSSR count). The van der Waals surface area contributed by atoms with Gasteiger partial charge in [0, 0.05) is 24.8 Å². The van der Waals surface area contributed by atoms with Crippen LogP contribution in [0.3, 0.4) is 0 Å². The second-order valence-electron chi connectivity index (χ2n) is 1.13. The van der Waals surface area contributed by atoms with E-state index in [9.17, 15) is 0 Å². The molecule has 0 atom stereocenters. The van der Waals surface area contributed by atoms with Gasteiger partial charge in [-0.05, 0) is 0 Å². The van der Waals surface area contributed by atoms with Crippen LogP contribution in [0, 0.1) is 0 Å². The molecular weight excluding hydrogens is 184 g/mol. The van der Waals surface area contributed by atoms with Crippen LogP contribution in [0.1, 0.15) is 0 Å². The quantitative estimate of drug-likeness (QED) is 0.520. The smallest absolute Gasteiger partial charge is 0.0579 e. The van der Waals surface area contributed by atoms with Gasteiger partial charge in [-0.1, -0.05) is 0 Å². The minimum atomic E-state index is 0.664. The fourth-order valence-corrected chi connectivity index (χ4v) is 0.526. The molecule has 0 heterocycles. The van der Waals surface area contributed by atoms with Crippen LogP contribution in [0.2, 0.25) is 0 Å². The highest BCUT2D eigenvalue weighted by Crippen LogP contribution is 1.71. The summed E-state index contributed by atoms with van der Waals surface area (Å²) in [7, 11) is 0. The lowest BCUT2D eigenvalue weighted by atomic mass is 10.7. The number of nitrogens with one attached hydrogen (secondary N) is 1. The van der Waals surface area contributed by atoms with Crippen molar-refractivity contribution in [3.63, 3.8) is 0 Å². The average Bonchev–Trinajstić information content (AvgIpc) is 1.94. The maximum absolute atomic E-state index is 6.47. The number of hydrogen-bond acceptors (Lipinski definition) is 2. The lowest BCUT2D eigenvalue weighted by molar-refractivity contribution is 0.632. The minimum absolute atomic E-state index is 0.664. The molecule has 2 nitrogen and oxygen atoms in total. The van der Waals surface area contributed by atoms with Crippen LogP contribution in [0.4, 0.5) is 0 Å². The Hall–Kier alpha value is 0.790. The Kier molecular flexibility index (Phi) is 22.0. The third-order valence-corrected chi connectivity index (χ3v) is 0.921. The summed E-state index contributed by atoms with van der Waals surface area (Å²) >= 11 is 14.3. The molecule has 0 saturated carbocycles. The zero-order valence-electron chi connectivity index (χ0n) is 4.91. The zero-order chi connectivity index (χ0) is 7.54. The molecule has 0 aliphatic heterocycles. The first kappa shape index (κ1) is 12.5. The molecule has 0 aliphatic carbocycles. The zero-order valence-corrected chi connectivity index (χ0v) is 7.18. The van der Waals surface area contributed by atoms with Crippen LogP contribution >= 0.6 is 35.1 Å². The number of alkyl halides is 2. The fraction of sp³-hybridized carbons (Fsp3) is 1.00. The number of hydrogen-bond donors (Lipinski definition) is 2. The van der Waals surface area contributed by atoms with Crippen LogP contribution in [0.25, 0.3) is 0 Å². The van der Waals surface area contributed by atoms with E-state index in [2.05, 4.69) is 17.2 Å². The molecule has 0 aromatic heterocycles. The van der Waals surface area contributed by atoms with Gasteiger partial charge in [-0.2, -0.15) is 0 Å². The topological polar surface area (TPSA) is 32.3 Å². The first-order valence-corrected chi connectivity index (χ1v) is 3.82. The Labute approximate surface area is 70.3 Å². The second kappa shape index (κ2) is 15.9. The summed E-state index contributed by atoms with van der Waals surface area (Å²) < 4.78 is 6.47. The first-order chi connectivity index (χ1) is 4.41. The molecule has 0 aliphatic rings. The standard InChI is InChI=1S/C4H9Cl2N.ClHO/c5-1-3-7-4-2-6;1-2/h7H,1-4H2;2H. The van der Waals surface area contributed by atoms with Crippen molar-refractivity contribution in [2.24, 2.45) is 0 Å². The van der Waals surface area contributed by atoms with Crippen molar-refractivity contribution in [1.29, 1.82) is 0 Å². The van der Waals surface area contributed by atoms with Crippen molar-refractivity contribution < 1.29 is 4.66 Å². The van der Waals surface area contributed by atoms with Crippen molar-refractivity contribution in [3.8, 4) is 0 Å². The van der Waals surface area contributed by atoms with Crippen LogP contribution in [-0.2, 0) is 0 Å². The summed E-state index contributed by atoms with van der Waals surface area (Å²) in [5.74, 6) is 1.33. The first-order valence-electron chi connectivity index (χ1n) is 2.41. The highest BCUT2D eigenvalue weighted by molar-refractivity contribution is 6.18. The normalized spacial score (nSPS) is 8.00. The lowest BCUT2D eigenvalue weighted by Gasteiger charge is -1.93. The molecule has 0 aromatic carbocycles. The van der Waals surface area contributed by atoms with E-state index in [0.29, 0.717) is 11.8 Å². The third-order valence-electron chi connectivity index (χ3n) is 0.543. The molecule has 0 radical (unpaired) electrons. The maximum Gasteiger partial charge on any atom is 0.0579 e. The van der Waals surface area contributed by atoms with E-state index in [1.165, 1.54) is 0 Å². The Bertz CT molecular complexity index is 35.0. The second-order valence-corrected chi connectivity index (χ2v) is 1.88. The molecule has 0 fully saturated rings.